The van der Waals surface area contributed by atoms with Gasteiger partial charge in [-0.05, 0) is 53.6 Å². The minimum atomic E-state index is -0.612. The minimum absolute atomic E-state index is 0.115. The molecular formula is C24H27N3O4S. The molecule has 0 atom stereocenters. The molecule has 0 unspecified atom stereocenters. The number of carbonyl (C=O) groups is 3. The van der Waals surface area contributed by atoms with Crippen LogP contribution in [0.4, 0.5) is 0 Å². The van der Waals surface area contributed by atoms with E-state index in [1.54, 1.807) is 23.5 Å². The molecule has 0 spiro atoms. The zero-order valence-corrected chi connectivity index (χ0v) is 19.3. The maximum Gasteiger partial charge on any atom is 0.294 e. The van der Waals surface area contributed by atoms with Crippen LogP contribution in [-0.2, 0) is 11.2 Å². The number of aromatic amines is 1. The van der Waals surface area contributed by atoms with Gasteiger partial charge in [0.2, 0.25) is 0 Å². The number of Topliss-reactive ketones (excluding diaryl/α,β-unsaturated/α-hetero) is 1. The highest BCUT2D eigenvalue weighted by Gasteiger charge is 2.28. The number of hydrogen-bond donors (Lipinski definition) is 1. The van der Waals surface area contributed by atoms with Crippen LogP contribution in [0.15, 0.2) is 35.2 Å². The Morgan fingerprint density at radius 1 is 1.19 bits per heavy atom. The Bertz CT molecular complexity index is 1140. The molecular weight excluding hydrogens is 426 g/mol. The molecule has 3 heterocycles. The van der Waals surface area contributed by atoms with E-state index >= 15 is 0 Å². The third kappa shape index (κ3) is 4.27. The van der Waals surface area contributed by atoms with Crippen molar-refractivity contribution < 1.29 is 19.1 Å². The monoisotopic (exact) mass is 453 g/mol. The van der Waals surface area contributed by atoms with Crippen molar-refractivity contribution in [2.75, 3.05) is 34.3 Å². The van der Waals surface area contributed by atoms with Gasteiger partial charge in [0, 0.05) is 50.4 Å². The molecule has 3 aromatic rings. The number of thiophene rings is 1. The van der Waals surface area contributed by atoms with E-state index in [1.807, 2.05) is 4.90 Å². The fourth-order valence-electron chi connectivity index (χ4n) is 4.24. The van der Waals surface area contributed by atoms with Crippen LogP contribution in [0.5, 0.6) is 5.75 Å². The van der Waals surface area contributed by atoms with Gasteiger partial charge in [-0.3, -0.25) is 14.4 Å². The van der Waals surface area contributed by atoms with Gasteiger partial charge in [0.25, 0.3) is 17.6 Å². The molecule has 7 nitrogen and oxygen atoms in total. The molecule has 1 aliphatic heterocycles. The number of amides is 2. The first-order valence-electron chi connectivity index (χ1n) is 10.6. The highest BCUT2D eigenvalue weighted by molar-refractivity contribution is 7.07. The van der Waals surface area contributed by atoms with E-state index in [2.05, 4.69) is 21.8 Å². The Balaban J connectivity index is 1.56. The second-order valence-corrected chi connectivity index (χ2v) is 9.18. The van der Waals surface area contributed by atoms with E-state index in [0.29, 0.717) is 41.2 Å². The first-order chi connectivity index (χ1) is 15.4. The van der Waals surface area contributed by atoms with Crippen LogP contribution < -0.4 is 4.74 Å². The molecule has 8 heteroatoms. The lowest BCUT2D eigenvalue weighted by atomic mass is 9.91. The summed E-state index contributed by atoms with van der Waals surface area (Å²) in [5.41, 5.74) is 2.67. The standard InChI is InChI=1S/C24H27N3O4S/c1-26(2)24(30)22(28)19-13-25-20-12-21(31-3)18(11-17(19)20)23(29)27-7-4-15(5-8-27)10-16-6-9-32-14-16/h6,9,11-15,25H,4-5,7-8,10H2,1-3H3. The molecule has 0 bridgehead atoms. The second kappa shape index (κ2) is 9.16. The third-order valence-corrected chi connectivity index (χ3v) is 6.82. The highest BCUT2D eigenvalue weighted by atomic mass is 32.1. The van der Waals surface area contributed by atoms with Crippen molar-refractivity contribution in [1.82, 2.24) is 14.8 Å². The van der Waals surface area contributed by atoms with E-state index < -0.39 is 11.7 Å². The van der Waals surface area contributed by atoms with Crippen LogP contribution in [0.3, 0.4) is 0 Å². The number of fused-ring (bicyclic) bond motifs is 1. The summed E-state index contributed by atoms with van der Waals surface area (Å²) in [5.74, 6) is -0.315. The number of piperidine rings is 1. The van der Waals surface area contributed by atoms with Gasteiger partial charge >= 0.3 is 0 Å². The summed E-state index contributed by atoms with van der Waals surface area (Å²) in [5, 5.41) is 4.83. The summed E-state index contributed by atoms with van der Waals surface area (Å²) in [6, 6.07) is 5.54. The maximum absolute atomic E-state index is 13.4. The molecule has 1 aliphatic rings. The van der Waals surface area contributed by atoms with Gasteiger partial charge in [0.1, 0.15) is 5.75 Å². The lowest BCUT2D eigenvalue weighted by Crippen LogP contribution is -2.39. The number of nitrogens with one attached hydrogen (secondary N) is 1. The predicted molar refractivity (Wildman–Crippen MR) is 125 cm³/mol. The zero-order chi connectivity index (χ0) is 22.8. The van der Waals surface area contributed by atoms with E-state index in [4.69, 9.17) is 4.74 Å². The number of carbonyl (C=O) groups excluding carboxylic acids is 3. The molecule has 168 valence electrons. The fraction of sp³-hybridized carbons (Fsp3) is 0.375. The quantitative estimate of drug-likeness (QED) is 0.457. The molecule has 1 saturated heterocycles. The van der Waals surface area contributed by atoms with Crippen molar-refractivity contribution in [3.8, 4) is 5.75 Å². The van der Waals surface area contributed by atoms with Gasteiger partial charge in [-0.25, -0.2) is 0 Å². The first kappa shape index (κ1) is 22.1. The van der Waals surface area contributed by atoms with Crippen molar-refractivity contribution in [2.45, 2.75) is 19.3 Å². The third-order valence-electron chi connectivity index (χ3n) is 6.08. The Kier molecular flexibility index (Phi) is 6.32. The van der Waals surface area contributed by atoms with Crippen LogP contribution in [0.2, 0.25) is 0 Å². The number of rotatable bonds is 6. The normalized spacial score (nSPS) is 14.5. The molecule has 1 aromatic carbocycles. The average molecular weight is 454 g/mol. The van der Waals surface area contributed by atoms with Crippen LogP contribution in [0.1, 0.15) is 39.1 Å². The average Bonchev–Trinajstić information content (AvgIpc) is 3.46. The van der Waals surface area contributed by atoms with Crippen LogP contribution >= 0.6 is 11.3 Å². The number of aromatic nitrogens is 1. The van der Waals surface area contributed by atoms with Crippen molar-refractivity contribution in [1.29, 1.82) is 0 Å². The number of likely N-dealkylation sites (tertiary alicyclic amines) is 1. The molecule has 2 aromatic heterocycles. The van der Waals surface area contributed by atoms with Crippen molar-refractivity contribution in [3.05, 3.63) is 51.8 Å². The molecule has 1 N–H and O–H groups in total. The molecule has 0 aliphatic carbocycles. The van der Waals surface area contributed by atoms with Crippen LogP contribution in [-0.4, -0.2) is 66.7 Å². The number of H-pyrrole nitrogens is 1. The predicted octanol–water partition coefficient (Wildman–Crippen LogP) is 3.60. The Labute approximate surface area is 191 Å². The SMILES string of the molecule is COc1cc2[nH]cc(C(=O)C(=O)N(C)C)c2cc1C(=O)N1CCC(Cc2ccsc2)CC1. The molecule has 0 saturated carbocycles. The lowest BCUT2D eigenvalue weighted by molar-refractivity contribution is -0.124. The number of methoxy groups -OCH3 is 1. The van der Waals surface area contributed by atoms with Gasteiger partial charge < -0.3 is 19.5 Å². The van der Waals surface area contributed by atoms with E-state index in [-0.39, 0.29) is 11.5 Å². The first-order valence-corrected chi connectivity index (χ1v) is 11.6. The molecule has 32 heavy (non-hydrogen) atoms. The summed E-state index contributed by atoms with van der Waals surface area (Å²) < 4.78 is 5.49. The van der Waals surface area contributed by atoms with E-state index in [0.717, 1.165) is 19.3 Å². The summed E-state index contributed by atoms with van der Waals surface area (Å²) >= 11 is 1.71. The largest absolute Gasteiger partial charge is 0.496 e. The summed E-state index contributed by atoms with van der Waals surface area (Å²) in [6.45, 7) is 1.37. The number of benzene rings is 1. The second-order valence-electron chi connectivity index (χ2n) is 8.40. The van der Waals surface area contributed by atoms with Gasteiger partial charge in [-0.1, -0.05) is 0 Å². The van der Waals surface area contributed by atoms with Gasteiger partial charge in [-0.15, -0.1) is 0 Å². The molecule has 4 rings (SSSR count). The topological polar surface area (TPSA) is 82.7 Å². The fourth-order valence-corrected chi connectivity index (χ4v) is 4.93. The molecule has 1 fully saturated rings. The van der Waals surface area contributed by atoms with E-state index in [9.17, 15) is 14.4 Å². The maximum atomic E-state index is 13.4. The van der Waals surface area contributed by atoms with E-state index in [1.165, 1.54) is 37.9 Å². The summed E-state index contributed by atoms with van der Waals surface area (Å²) in [6.07, 6.45) is 4.47. The number of hydrogen-bond acceptors (Lipinski definition) is 5. The lowest BCUT2D eigenvalue weighted by Gasteiger charge is -2.32. The smallest absolute Gasteiger partial charge is 0.294 e. The number of ether oxygens (including phenoxy) is 1. The summed E-state index contributed by atoms with van der Waals surface area (Å²) in [4.78, 5) is 44.3. The van der Waals surface area contributed by atoms with Crippen molar-refractivity contribution in [2.24, 2.45) is 5.92 Å². The number of nitrogens with zero attached hydrogens (tertiary/aromatic N) is 2. The summed E-state index contributed by atoms with van der Waals surface area (Å²) in [7, 11) is 4.60. The Hall–Kier alpha value is -3.13. The van der Waals surface area contributed by atoms with Crippen LogP contribution in [0.25, 0.3) is 10.9 Å². The number of likely N-dealkylation sites (N-methyl/N-ethyl adjacent to an activating group) is 1. The molecule has 2 amide bonds. The van der Waals surface area contributed by atoms with Gasteiger partial charge in [-0.2, -0.15) is 11.3 Å². The number of ketones is 1. The van der Waals surface area contributed by atoms with Crippen LogP contribution in [0, 0.1) is 5.92 Å². The zero-order valence-electron chi connectivity index (χ0n) is 18.5. The van der Waals surface area contributed by atoms with Crippen molar-refractivity contribution >= 4 is 39.8 Å². The Morgan fingerprint density at radius 2 is 1.94 bits per heavy atom. The van der Waals surface area contributed by atoms with Crippen molar-refractivity contribution in [3.63, 3.8) is 0 Å². The Morgan fingerprint density at radius 3 is 2.56 bits per heavy atom. The highest BCUT2D eigenvalue weighted by Crippen LogP contribution is 2.31. The van der Waals surface area contributed by atoms with Gasteiger partial charge in [0.05, 0.1) is 18.2 Å². The molecule has 0 radical (unpaired) electrons. The van der Waals surface area contributed by atoms with Gasteiger partial charge in [0.15, 0.2) is 0 Å². The minimum Gasteiger partial charge on any atom is -0.496 e.